The lowest BCUT2D eigenvalue weighted by Gasteiger charge is -2.20. The highest BCUT2D eigenvalue weighted by Gasteiger charge is 2.12. The molecule has 0 radical (unpaired) electrons. The SMILES string of the molecule is CCN(CCOC)C(=O)NCc1cc(-c2cccnc2)no1. The minimum atomic E-state index is -0.154. The summed E-state index contributed by atoms with van der Waals surface area (Å²) in [7, 11) is 1.61. The number of rotatable bonds is 7. The normalized spacial score (nSPS) is 10.5. The first kappa shape index (κ1) is 16.0. The molecule has 118 valence electrons. The van der Waals surface area contributed by atoms with Gasteiger partial charge in [0.15, 0.2) is 5.76 Å². The third-order valence-corrected chi connectivity index (χ3v) is 3.16. The predicted octanol–water partition coefficient (Wildman–Crippen LogP) is 1.91. The van der Waals surface area contributed by atoms with E-state index in [0.29, 0.717) is 31.2 Å². The molecular formula is C15H20N4O3. The Labute approximate surface area is 129 Å². The van der Waals surface area contributed by atoms with E-state index >= 15 is 0 Å². The van der Waals surface area contributed by atoms with E-state index in [-0.39, 0.29) is 12.6 Å². The van der Waals surface area contributed by atoms with Crippen molar-refractivity contribution in [1.29, 1.82) is 0 Å². The Morgan fingerprint density at radius 2 is 2.36 bits per heavy atom. The van der Waals surface area contributed by atoms with Crippen LogP contribution in [0.1, 0.15) is 12.7 Å². The smallest absolute Gasteiger partial charge is 0.317 e. The molecule has 2 aromatic heterocycles. The van der Waals surface area contributed by atoms with Crippen molar-refractivity contribution in [3.8, 4) is 11.3 Å². The van der Waals surface area contributed by atoms with Gasteiger partial charge in [-0.1, -0.05) is 5.16 Å². The summed E-state index contributed by atoms with van der Waals surface area (Å²) in [5, 5.41) is 6.78. The van der Waals surface area contributed by atoms with Crippen LogP contribution in [-0.4, -0.2) is 47.9 Å². The lowest BCUT2D eigenvalue weighted by Crippen LogP contribution is -2.41. The van der Waals surface area contributed by atoms with E-state index < -0.39 is 0 Å². The molecule has 2 heterocycles. The number of ether oxygens (including phenoxy) is 1. The van der Waals surface area contributed by atoms with Crippen molar-refractivity contribution >= 4 is 6.03 Å². The zero-order valence-corrected chi connectivity index (χ0v) is 12.8. The number of nitrogens with zero attached hydrogens (tertiary/aromatic N) is 3. The molecule has 7 nitrogen and oxygen atoms in total. The Morgan fingerprint density at radius 3 is 3.05 bits per heavy atom. The molecule has 0 fully saturated rings. The van der Waals surface area contributed by atoms with Gasteiger partial charge in [-0.25, -0.2) is 4.79 Å². The van der Waals surface area contributed by atoms with Gasteiger partial charge in [0.1, 0.15) is 5.69 Å². The quantitative estimate of drug-likeness (QED) is 0.845. The van der Waals surface area contributed by atoms with Gasteiger partial charge in [-0.15, -0.1) is 0 Å². The second-order valence-corrected chi connectivity index (χ2v) is 4.65. The first-order valence-corrected chi connectivity index (χ1v) is 7.12. The van der Waals surface area contributed by atoms with Gasteiger partial charge >= 0.3 is 6.03 Å². The molecular weight excluding hydrogens is 284 g/mol. The highest BCUT2D eigenvalue weighted by atomic mass is 16.5. The minimum Gasteiger partial charge on any atom is -0.383 e. The van der Waals surface area contributed by atoms with E-state index in [4.69, 9.17) is 9.26 Å². The van der Waals surface area contributed by atoms with Crippen LogP contribution >= 0.6 is 0 Å². The lowest BCUT2D eigenvalue weighted by atomic mass is 10.2. The Kier molecular flexibility index (Phi) is 5.91. The first-order valence-electron chi connectivity index (χ1n) is 7.12. The summed E-state index contributed by atoms with van der Waals surface area (Å²) >= 11 is 0. The fourth-order valence-corrected chi connectivity index (χ4v) is 1.93. The van der Waals surface area contributed by atoms with Crippen LogP contribution in [0.15, 0.2) is 35.1 Å². The zero-order chi connectivity index (χ0) is 15.8. The molecule has 2 aromatic rings. The second-order valence-electron chi connectivity index (χ2n) is 4.65. The van der Waals surface area contributed by atoms with E-state index in [1.54, 1.807) is 30.5 Å². The van der Waals surface area contributed by atoms with E-state index in [9.17, 15) is 4.79 Å². The van der Waals surface area contributed by atoms with Crippen molar-refractivity contribution in [2.24, 2.45) is 0 Å². The number of pyridine rings is 1. The summed E-state index contributed by atoms with van der Waals surface area (Å²) in [5.74, 6) is 0.593. The molecule has 2 rings (SSSR count). The van der Waals surface area contributed by atoms with Gasteiger partial charge in [0.25, 0.3) is 0 Å². The topological polar surface area (TPSA) is 80.5 Å². The summed E-state index contributed by atoms with van der Waals surface area (Å²) in [6, 6.07) is 5.37. The maximum absolute atomic E-state index is 12.0. The molecule has 0 aliphatic heterocycles. The minimum absolute atomic E-state index is 0.154. The van der Waals surface area contributed by atoms with E-state index in [0.717, 1.165) is 5.56 Å². The van der Waals surface area contributed by atoms with Crippen LogP contribution in [0.25, 0.3) is 11.3 Å². The highest BCUT2D eigenvalue weighted by Crippen LogP contribution is 2.17. The number of nitrogens with one attached hydrogen (secondary N) is 1. The van der Waals surface area contributed by atoms with Gasteiger partial charge < -0.3 is 19.5 Å². The summed E-state index contributed by atoms with van der Waals surface area (Å²) < 4.78 is 10.2. The Balaban J connectivity index is 1.89. The van der Waals surface area contributed by atoms with Gasteiger partial charge in [-0.3, -0.25) is 4.98 Å². The number of hydrogen-bond acceptors (Lipinski definition) is 5. The van der Waals surface area contributed by atoms with Crippen molar-refractivity contribution in [2.75, 3.05) is 26.8 Å². The first-order chi connectivity index (χ1) is 10.7. The Bertz CT molecular complexity index is 585. The molecule has 0 saturated carbocycles. The Hall–Kier alpha value is -2.41. The van der Waals surface area contributed by atoms with Crippen LogP contribution in [0.3, 0.4) is 0 Å². The third-order valence-electron chi connectivity index (χ3n) is 3.16. The monoisotopic (exact) mass is 304 g/mol. The summed E-state index contributed by atoms with van der Waals surface area (Å²) in [4.78, 5) is 17.7. The van der Waals surface area contributed by atoms with Gasteiger partial charge in [0.05, 0.1) is 13.2 Å². The van der Waals surface area contributed by atoms with E-state index in [1.807, 2.05) is 19.1 Å². The van der Waals surface area contributed by atoms with Gasteiger partial charge in [0, 0.05) is 44.2 Å². The Morgan fingerprint density at radius 1 is 1.50 bits per heavy atom. The fraction of sp³-hybridized carbons (Fsp3) is 0.400. The average Bonchev–Trinajstić information content (AvgIpc) is 3.03. The summed E-state index contributed by atoms with van der Waals surface area (Å²) in [6.45, 7) is 3.89. The molecule has 7 heteroatoms. The van der Waals surface area contributed by atoms with Gasteiger partial charge in [-0.2, -0.15) is 0 Å². The van der Waals surface area contributed by atoms with Gasteiger partial charge in [0.2, 0.25) is 0 Å². The molecule has 0 unspecified atom stereocenters. The molecule has 0 bridgehead atoms. The van der Waals surface area contributed by atoms with Crippen LogP contribution in [0.4, 0.5) is 4.79 Å². The van der Waals surface area contributed by atoms with Crippen molar-refractivity contribution in [1.82, 2.24) is 20.4 Å². The van der Waals surface area contributed by atoms with Crippen LogP contribution in [0, 0.1) is 0 Å². The number of amides is 2. The van der Waals surface area contributed by atoms with Crippen molar-refractivity contribution in [3.05, 3.63) is 36.4 Å². The molecule has 22 heavy (non-hydrogen) atoms. The summed E-state index contributed by atoms with van der Waals surface area (Å²) in [5.41, 5.74) is 1.57. The molecule has 0 aliphatic rings. The predicted molar refractivity (Wildman–Crippen MR) is 81.1 cm³/mol. The number of methoxy groups -OCH3 is 1. The number of aromatic nitrogens is 2. The number of carbonyl (C=O) groups excluding carboxylic acids is 1. The molecule has 0 aliphatic carbocycles. The average molecular weight is 304 g/mol. The fourth-order valence-electron chi connectivity index (χ4n) is 1.93. The zero-order valence-electron chi connectivity index (χ0n) is 12.8. The standard InChI is InChI=1S/C15H20N4O3/c1-3-19(7-8-21-2)15(20)17-11-13-9-14(18-22-13)12-5-4-6-16-10-12/h4-6,9-10H,3,7-8,11H2,1-2H3,(H,17,20). The van der Waals surface area contributed by atoms with Crippen LogP contribution < -0.4 is 5.32 Å². The highest BCUT2D eigenvalue weighted by molar-refractivity contribution is 5.74. The second kappa shape index (κ2) is 8.14. The molecule has 0 saturated heterocycles. The van der Waals surface area contributed by atoms with Gasteiger partial charge in [-0.05, 0) is 19.1 Å². The van der Waals surface area contributed by atoms with Crippen LogP contribution in [0.5, 0.6) is 0 Å². The number of hydrogen-bond donors (Lipinski definition) is 1. The van der Waals surface area contributed by atoms with Crippen LogP contribution in [0.2, 0.25) is 0 Å². The van der Waals surface area contributed by atoms with Crippen molar-refractivity contribution in [2.45, 2.75) is 13.5 Å². The summed E-state index contributed by atoms with van der Waals surface area (Å²) in [6.07, 6.45) is 3.41. The molecule has 0 aromatic carbocycles. The molecule has 0 spiro atoms. The largest absolute Gasteiger partial charge is 0.383 e. The molecule has 0 atom stereocenters. The maximum Gasteiger partial charge on any atom is 0.317 e. The third kappa shape index (κ3) is 4.29. The molecule has 2 amide bonds. The number of carbonyl (C=O) groups is 1. The van der Waals surface area contributed by atoms with Crippen molar-refractivity contribution < 1.29 is 14.1 Å². The van der Waals surface area contributed by atoms with E-state index in [2.05, 4.69) is 15.5 Å². The van der Waals surface area contributed by atoms with Crippen LogP contribution in [-0.2, 0) is 11.3 Å². The van der Waals surface area contributed by atoms with Crippen molar-refractivity contribution in [3.63, 3.8) is 0 Å². The number of likely N-dealkylation sites (N-methyl/N-ethyl adjacent to an activating group) is 1. The number of urea groups is 1. The maximum atomic E-state index is 12.0. The van der Waals surface area contributed by atoms with E-state index in [1.165, 1.54) is 0 Å². The molecule has 1 N–H and O–H groups in total. The lowest BCUT2D eigenvalue weighted by molar-refractivity contribution is 0.151.